The van der Waals surface area contributed by atoms with Gasteiger partial charge in [-0.2, -0.15) is 0 Å². The first-order valence-corrected chi connectivity index (χ1v) is 5.16. The molecule has 1 rings (SSSR count). The third kappa shape index (κ3) is 3.72. The summed E-state index contributed by atoms with van der Waals surface area (Å²) in [6.45, 7) is 5.15. The summed E-state index contributed by atoms with van der Waals surface area (Å²) < 4.78 is 0. The number of carbonyl (C=O) groups is 1. The third-order valence-electron chi connectivity index (χ3n) is 2.40. The Labute approximate surface area is 90.7 Å². The Morgan fingerprint density at radius 1 is 1.33 bits per heavy atom. The number of nitrogens with two attached hydrogens (primary N) is 1. The Hall–Kier alpha value is -1.35. The predicted octanol–water partition coefficient (Wildman–Crippen LogP) is 0.921. The number of nitrogens with one attached hydrogen (secondary N) is 1. The van der Waals surface area contributed by atoms with E-state index in [0.717, 1.165) is 5.56 Å². The summed E-state index contributed by atoms with van der Waals surface area (Å²) in [5, 5.41) is 2.75. The van der Waals surface area contributed by atoms with Crippen molar-refractivity contribution in [3.05, 3.63) is 34.9 Å². The van der Waals surface area contributed by atoms with Crippen molar-refractivity contribution in [2.75, 3.05) is 13.1 Å². The molecule has 3 N–H and O–H groups in total. The van der Waals surface area contributed by atoms with Gasteiger partial charge in [-0.1, -0.05) is 18.2 Å². The zero-order valence-corrected chi connectivity index (χ0v) is 9.34. The van der Waals surface area contributed by atoms with E-state index in [9.17, 15) is 4.79 Å². The first kappa shape index (κ1) is 11.7. The summed E-state index contributed by atoms with van der Waals surface area (Å²) in [5.74, 6) is 0.0312. The molecule has 0 aliphatic rings. The van der Waals surface area contributed by atoms with Gasteiger partial charge in [0.25, 0.3) is 0 Å². The summed E-state index contributed by atoms with van der Waals surface area (Å²) in [6.07, 6.45) is 0.432. The number of aryl methyl sites for hydroxylation is 2. The number of hydrogen-bond acceptors (Lipinski definition) is 2. The fraction of sp³-hybridized carbons (Fsp3) is 0.417. The lowest BCUT2D eigenvalue weighted by atomic mass is 10.0. The molecule has 0 bridgehead atoms. The first-order valence-electron chi connectivity index (χ1n) is 5.16. The summed E-state index contributed by atoms with van der Waals surface area (Å²) in [4.78, 5) is 11.4. The highest BCUT2D eigenvalue weighted by atomic mass is 16.1. The number of rotatable bonds is 4. The Kier molecular flexibility index (Phi) is 4.31. The molecule has 0 radical (unpaired) electrons. The largest absolute Gasteiger partial charge is 0.355 e. The fourth-order valence-corrected chi connectivity index (χ4v) is 1.37. The van der Waals surface area contributed by atoms with Crippen LogP contribution >= 0.6 is 0 Å². The molecule has 0 saturated heterocycles. The van der Waals surface area contributed by atoms with Crippen molar-refractivity contribution in [3.63, 3.8) is 0 Å². The van der Waals surface area contributed by atoms with E-state index in [1.54, 1.807) is 0 Å². The Morgan fingerprint density at radius 2 is 2.07 bits per heavy atom. The van der Waals surface area contributed by atoms with Gasteiger partial charge in [0.1, 0.15) is 0 Å². The van der Waals surface area contributed by atoms with Crippen LogP contribution in [0.1, 0.15) is 16.7 Å². The van der Waals surface area contributed by atoms with E-state index >= 15 is 0 Å². The summed E-state index contributed by atoms with van der Waals surface area (Å²) in [6, 6.07) is 6.09. The minimum atomic E-state index is 0.0312. The van der Waals surface area contributed by atoms with Crippen molar-refractivity contribution in [2.45, 2.75) is 20.3 Å². The van der Waals surface area contributed by atoms with Gasteiger partial charge in [0.15, 0.2) is 0 Å². The minimum absolute atomic E-state index is 0.0312. The quantitative estimate of drug-likeness (QED) is 0.769. The van der Waals surface area contributed by atoms with Gasteiger partial charge < -0.3 is 11.1 Å². The Bertz CT molecular complexity index is 347. The van der Waals surface area contributed by atoms with Crippen LogP contribution in [0.4, 0.5) is 0 Å². The number of benzene rings is 1. The highest BCUT2D eigenvalue weighted by Crippen LogP contribution is 2.10. The molecule has 0 unspecified atom stereocenters. The van der Waals surface area contributed by atoms with Crippen molar-refractivity contribution in [3.8, 4) is 0 Å². The lowest BCUT2D eigenvalue weighted by Gasteiger charge is -2.06. The van der Waals surface area contributed by atoms with Crippen LogP contribution < -0.4 is 11.1 Å². The molecule has 0 aliphatic heterocycles. The van der Waals surface area contributed by atoms with Crippen LogP contribution in [-0.2, 0) is 11.2 Å². The number of amides is 1. The predicted molar refractivity (Wildman–Crippen MR) is 61.7 cm³/mol. The van der Waals surface area contributed by atoms with Crippen molar-refractivity contribution in [1.82, 2.24) is 5.32 Å². The van der Waals surface area contributed by atoms with Crippen LogP contribution in [0.25, 0.3) is 0 Å². The molecule has 82 valence electrons. The lowest BCUT2D eigenvalue weighted by Crippen LogP contribution is -2.30. The maximum atomic E-state index is 11.4. The second kappa shape index (κ2) is 5.51. The van der Waals surface area contributed by atoms with Gasteiger partial charge in [0, 0.05) is 13.1 Å². The van der Waals surface area contributed by atoms with Crippen molar-refractivity contribution in [2.24, 2.45) is 5.73 Å². The molecule has 0 aliphatic carbocycles. The van der Waals surface area contributed by atoms with E-state index in [1.165, 1.54) is 11.1 Å². The third-order valence-corrected chi connectivity index (χ3v) is 2.40. The SMILES string of the molecule is Cc1ccc(CC(=O)NCCN)cc1C. The van der Waals surface area contributed by atoms with Crippen LogP contribution in [0.15, 0.2) is 18.2 Å². The molecule has 15 heavy (non-hydrogen) atoms. The van der Waals surface area contributed by atoms with Crippen LogP contribution in [0, 0.1) is 13.8 Å². The smallest absolute Gasteiger partial charge is 0.224 e. The molecule has 3 heteroatoms. The summed E-state index contributed by atoms with van der Waals surface area (Å²) in [5.41, 5.74) is 8.82. The molecule has 3 nitrogen and oxygen atoms in total. The first-order chi connectivity index (χ1) is 7.13. The summed E-state index contributed by atoms with van der Waals surface area (Å²) >= 11 is 0. The standard InChI is InChI=1S/C12H18N2O/c1-9-3-4-11(7-10(9)2)8-12(15)14-6-5-13/h3-4,7H,5-6,8,13H2,1-2H3,(H,14,15). The van der Waals surface area contributed by atoms with Crippen LogP contribution in [0.5, 0.6) is 0 Å². The summed E-state index contributed by atoms with van der Waals surface area (Å²) in [7, 11) is 0. The van der Waals surface area contributed by atoms with Gasteiger partial charge in [-0.15, -0.1) is 0 Å². The molecule has 1 aromatic carbocycles. The molecule has 0 spiro atoms. The van der Waals surface area contributed by atoms with E-state index in [0.29, 0.717) is 19.5 Å². The van der Waals surface area contributed by atoms with E-state index in [4.69, 9.17) is 5.73 Å². The molecule has 0 heterocycles. The van der Waals surface area contributed by atoms with Gasteiger partial charge in [0.05, 0.1) is 6.42 Å². The van der Waals surface area contributed by atoms with Gasteiger partial charge >= 0.3 is 0 Å². The zero-order valence-electron chi connectivity index (χ0n) is 9.34. The van der Waals surface area contributed by atoms with Gasteiger partial charge in [-0.25, -0.2) is 0 Å². The maximum Gasteiger partial charge on any atom is 0.224 e. The van der Waals surface area contributed by atoms with Crippen molar-refractivity contribution < 1.29 is 4.79 Å². The fourth-order valence-electron chi connectivity index (χ4n) is 1.37. The van der Waals surface area contributed by atoms with Gasteiger partial charge in [-0.3, -0.25) is 4.79 Å². The monoisotopic (exact) mass is 206 g/mol. The van der Waals surface area contributed by atoms with E-state index < -0.39 is 0 Å². The zero-order chi connectivity index (χ0) is 11.3. The topological polar surface area (TPSA) is 55.1 Å². The molecular formula is C12H18N2O. The molecule has 1 aromatic rings. The Balaban J connectivity index is 2.57. The molecule has 0 atom stereocenters. The lowest BCUT2D eigenvalue weighted by molar-refractivity contribution is -0.120. The molecule has 1 amide bonds. The van der Waals surface area contributed by atoms with Crippen molar-refractivity contribution >= 4 is 5.91 Å². The normalized spacial score (nSPS) is 10.1. The number of carbonyl (C=O) groups excluding carboxylic acids is 1. The molecule has 0 aromatic heterocycles. The van der Waals surface area contributed by atoms with Crippen LogP contribution in [-0.4, -0.2) is 19.0 Å². The van der Waals surface area contributed by atoms with Gasteiger partial charge in [-0.05, 0) is 30.5 Å². The van der Waals surface area contributed by atoms with Gasteiger partial charge in [0.2, 0.25) is 5.91 Å². The second-order valence-corrected chi connectivity index (χ2v) is 3.73. The van der Waals surface area contributed by atoms with E-state index in [1.807, 2.05) is 12.1 Å². The number of hydrogen-bond donors (Lipinski definition) is 2. The second-order valence-electron chi connectivity index (χ2n) is 3.73. The molecule has 0 saturated carbocycles. The molecular weight excluding hydrogens is 188 g/mol. The van der Waals surface area contributed by atoms with Crippen LogP contribution in [0.3, 0.4) is 0 Å². The highest BCUT2D eigenvalue weighted by Gasteiger charge is 2.03. The minimum Gasteiger partial charge on any atom is -0.355 e. The molecule has 0 fully saturated rings. The maximum absolute atomic E-state index is 11.4. The van der Waals surface area contributed by atoms with Crippen molar-refractivity contribution in [1.29, 1.82) is 0 Å². The van der Waals surface area contributed by atoms with E-state index in [2.05, 4.69) is 25.2 Å². The Morgan fingerprint density at radius 3 is 2.67 bits per heavy atom. The average Bonchev–Trinajstić information content (AvgIpc) is 2.20. The van der Waals surface area contributed by atoms with E-state index in [-0.39, 0.29) is 5.91 Å². The van der Waals surface area contributed by atoms with Crippen LogP contribution in [0.2, 0.25) is 0 Å². The average molecular weight is 206 g/mol. The highest BCUT2D eigenvalue weighted by molar-refractivity contribution is 5.78.